The van der Waals surface area contributed by atoms with Gasteiger partial charge in [0.05, 0.1) is 5.69 Å². The zero-order chi connectivity index (χ0) is 19.7. The molecule has 1 N–H and O–H groups in total. The molecule has 27 heavy (non-hydrogen) atoms. The van der Waals surface area contributed by atoms with Gasteiger partial charge >= 0.3 is 0 Å². The highest BCUT2D eigenvalue weighted by Gasteiger charge is 2.18. The van der Waals surface area contributed by atoms with E-state index in [2.05, 4.69) is 15.4 Å². The van der Waals surface area contributed by atoms with Crippen molar-refractivity contribution in [3.05, 3.63) is 68.9 Å². The zero-order valence-electron chi connectivity index (χ0n) is 16.2. The molecule has 7 heteroatoms. The molecule has 2 heterocycles. The van der Waals surface area contributed by atoms with Crippen LogP contribution in [0.3, 0.4) is 0 Å². The number of hydrogen-bond donors (Lipinski definition) is 1. The topological polar surface area (TPSA) is 81.8 Å². The van der Waals surface area contributed by atoms with Gasteiger partial charge in [0.1, 0.15) is 6.54 Å². The van der Waals surface area contributed by atoms with Crippen molar-refractivity contribution >= 4 is 11.6 Å². The first-order valence-corrected chi connectivity index (χ1v) is 8.75. The second-order valence-electron chi connectivity index (χ2n) is 6.72. The third-order valence-electron chi connectivity index (χ3n) is 4.54. The lowest BCUT2D eigenvalue weighted by molar-refractivity contribution is -0.116. The Morgan fingerprint density at radius 1 is 1.11 bits per heavy atom. The quantitative estimate of drug-likeness (QED) is 0.770. The van der Waals surface area contributed by atoms with Crippen molar-refractivity contribution in [1.82, 2.24) is 19.3 Å². The molecule has 0 aliphatic heterocycles. The van der Waals surface area contributed by atoms with Crippen LogP contribution >= 0.6 is 0 Å². The van der Waals surface area contributed by atoms with Gasteiger partial charge in [-0.1, -0.05) is 18.2 Å². The summed E-state index contributed by atoms with van der Waals surface area (Å²) in [7, 11) is 0. The van der Waals surface area contributed by atoms with Crippen molar-refractivity contribution in [2.75, 3.05) is 5.32 Å². The van der Waals surface area contributed by atoms with E-state index in [1.807, 2.05) is 51.1 Å². The van der Waals surface area contributed by atoms with Gasteiger partial charge in [0.2, 0.25) is 11.9 Å². The fourth-order valence-corrected chi connectivity index (χ4v) is 2.92. The summed E-state index contributed by atoms with van der Waals surface area (Å²) in [5, 5.41) is 7.28. The minimum Gasteiger partial charge on any atom is -0.324 e. The maximum absolute atomic E-state index is 12.9. The molecule has 3 rings (SSSR count). The van der Waals surface area contributed by atoms with Gasteiger partial charge in [-0.3, -0.25) is 14.2 Å². The van der Waals surface area contributed by atoms with Crippen LogP contribution in [-0.4, -0.2) is 25.2 Å². The Hall–Kier alpha value is -3.22. The van der Waals surface area contributed by atoms with E-state index < -0.39 is 0 Å². The highest BCUT2D eigenvalue weighted by atomic mass is 16.2. The smallest absolute Gasteiger partial charge is 0.258 e. The number of para-hydroxylation sites is 1. The van der Waals surface area contributed by atoms with Crippen LogP contribution in [-0.2, 0) is 11.3 Å². The molecule has 0 aliphatic rings. The van der Waals surface area contributed by atoms with E-state index in [4.69, 9.17) is 0 Å². The summed E-state index contributed by atoms with van der Waals surface area (Å²) in [6.45, 7) is 9.03. The van der Waals surface area contributed by atoms with Crippen LogP contribution in [0.2, 0.25) is 0 Å². The number of anilines is 1. The Bertz CT molecular complexity index is 1080. The fourth-order valence-electron chi connectivity index (χ4n) is 2.92. The van der Waals surface area contributed by atoms with E-state index >= 15 is 0 Å². The molecule has 0 bridgehead atoms. The number of nitrogens with one attached hydrogen (secondary N) is 1. The van der Waals surface area contributed by atoms with Crippen LogP contribution in [0.5, 0.6) is 0 Å². The number of aromatic nitrogens is 4. The second-order valence-corrected chi connectivity index (χ2v) is 6.72. The number of carbonyl (C=O) groups is 1. The van der Waals surface area contributed by atoms with Gasteiger partial charge < -0.3 is 5.32 Å². The molecular formula is C20H23N5O2. The number of rotatable bonds is 4. The van der Waals surface area contributed by atoms with Gasteiger partial charge in [-0.25, -0.2) is 9.67 Å². The predicted octanol–water partition coefficient (Wildman–Crippen LogP) is 2.61. The van der Waals surface area contributed by atoms with Gasteiger partial charge in [0.25, 0.3) is 5.56 Å². The number of benzene rings is 1. The number of nitrogens with zero attached hydrogens (tertiary/aromatic N) is 4. The molecule has 0 unspecified atom stereocenters. The largest absolute Gasteiger partial charge is 0.324 e. The standard InChI is InChI=1S/C20H23N5O2/c1-12-8-6-7-9-17(12)22-18(26)11-24-19(27)15(4)16(5)21-20(24)25-14(3)10-13(2)23-25/h6-10H,11H2,1-5H3,(H,22,26). The SMILES string of the molecule is Cc1cc(C)n(-c2nc(C)c(C)c(=O)n2CC(=O)Nc2ccccc2C)n1. The maximum Gasteiger partial charge on any atom is 0.258 e. The highest BCUT2D eigenvalue weighted by Crippen LogP contribution is 2.14. The summed E-state index contributed by atoms with van der Waals surface area (Å²) in [6.07, 6.45) is 0. The fraction of sp³-hybridized carbons (Fsp3) is 0.300. The van der Waals surface area contributed by atoms with Crippen LogP contribution in [0.1, 0.15) is 28.2 Å². The van der Waals surface area contributed by atoms with Crippen LogP contribution in [0.25, 0.3) is 5.95 Å². The van der Waals surface area contributed by atoms with Gasteiger partial charge in [-0.05, 0) is 52.3 Å². The lowest BCUT2D eigenvalue weighted by Gasteiger charge is -2.15. The summed E-state index contributed by atoms with van der Waals surface area (Å²) < 4.78 is 2.97. The normalized spacial score (nSPS) is 10.9. The van der Waals surface area contributed by atoms with Gasteiger partial charge in [0, 0.05) is 22.6 Å². The molecule has 1 amide bonds. The summed E-state index contributed by atoms with van der Waals surface area (Å²) in [4.78, 5) is 30.0. The molecule has 2 aromatic heterocycles. The van der Waals surface area contributed by atoms with Gasteiger partial charge in [-0.15, -0.1) is 0 Å². The average Bonchev–Trinajstić information content (AvgIpc) is 2.95. The van der Waals surface area contributed by atoms with Crippen molar-refractivity contribution in [2.24, 2.45) is 0 Å². The van der Waals surface area contributed by atoms with Crippen molar-refractivity contribution in [3.63, 3.8) is 0 Å². The number of carbonyl (C=O) groups excluding carboxylic acids is 1. The molecule has 140 valence electrons. The third-order valence-corrected chi connectivity index (χ3v) is 4.54. The van der Waals surface area contributed by atoms with E-state index in [0.29, 0.717) is 17.2 Å². The second kappa shape index (κ2) is 7.19. The first-order chi connectivity index (χ1) is 12.8. The van der Waals surface area contributed by atoms with E-state index in [0.717, 1.165) is 22.6 Å². The summed E-state index contributed by atoms with van der Waals surface area (Å²) in [5.74, 6) is 0.0490. The molecule has 0 atom stereocenters. The molecule has 0 spiro atoms. The molecule has 3 aromatic rings. The maximum atomic E-state index is 12.9. The van der Waals surface area contributed by atoms with Crippen molar-refractivity contribution in [3.8, 4) is 5.95 Å². The van der Waals surface area contributed by atoms with Crippen molar-refractivity contribution in [2.45, 2.75) is 41.2 Å². The molecule has 7 nitrogen and oxygen atoms in total. The van der Waals surface area contributed by atoms with E-state index in [-0.39, 0.29) is 18.0 Å². The van der Waals surface area contributed by atoms with Crippen LogP contribution in [0.4, 0.5) is 5.69 Å². The molecule has 1 aromatic carbocycles. The first-order valence-electron chi connectivity index (χ1n) is 8.75. The Morgan fingerprint density at radius 2 is 1.81 bits per heavy atom. The monoisotopic (exact) mass is 365 g/mol. The van der Waals surface area contributed by atoms with Crippen LogP contribution in [0.15, 0.2) is 35.1 Å². The Labute approximate surface area is 157 Å². The predicted molar refractivity (Wildman–Crippen MR) is 104 cm³/mol. The number of aryl methyl sites for hydroxylation is 4. The van der Waals surface area contributed by atoms with E-state index in [9.17, 15) is 9.59 Å². The minimum atomic E-state index is -0.292. The van der Waals surface area contributed by atoms with Gasteiger partial charge in [0.15, 0.2) is 0 Å². The molecule has 0 saturated carbocycles. The van der Waals surface area contributed by atoms with Crippen LogP contribution < -0.4 is 10.9 Å². The first kappa shape index (κ1) is 18.6. The van der Waals surface area contributed by atoms with Crippen molar-refractivity contribution in [1.29, 1.82) is 0 Å². The summed E-state index contributed by atoms with van der Waals surface area (Å²) >= 11 is 0. The lowest BCUT2D eigenvalue weighted by atomic mass is 10.2. The number of amides is 1. The minimum absolute atomic E-state index is 0.144. The molecule has 0 saturated heterocycles. The molecule has 0 fully saturated rings. The van der Waals surface area contributed by atoms with Gasteiger partial charge in [-0.2, -0.15) is 5.10 Å². The van der Waals surface area contributed by atoms with Crippen molar-refractivity contribution < 1.29 is 4.79 Å². The highest BCUT2D eigenvalue weighted by molar-refractivity contribution is 5.91. The Balaban J connectivity index is 2.03. The third kappa shape index (κ3) is 3.67. The Kier molecular flexibility index (Phi) is 4.94. The lowest BCUT2D eigenvalue weighted by Crippen LogP contribution is -2.34. The van der Waals surface area contributed by atoms with Crippen LogP contribution in [0, 0.1) is 34.6 Å². The molecule has 0 radical (unpaired) electrons. The average molecular weight is 365 g/mol. The number of hydrogen-bond acceptors (Lipinski definition) is 4. The van der Waals surface area contributed by atoms with E-state index in [1.165, 1.54) is 4.57 Å². The summed E-state index contributed by atoms with van der Waals surface area (Å²) in [5.41, 5.74) is 4.23. The molecular weight excluding hydrogens is 342 g/mol. The molecule has 0 aliphatic carbocycles. The zero-order valence-corrected chi connectivity index (χ0v) is 16.2. The summed E-state index contributed by atoms with van der Waals surface area (Å²) in [6, 6.07) is 9.41. The Morgan fingerprint density at radius 3 is 2.44 bits per heavy atom. The van der Waals surface area contributed by atoms with E-state index in [1.54, 1.807) is 18.5 Å².